The van der Waals surface area contributed by atoms with Crippen LogP contribution in [0.25, 0.3) is 0 Å². The number of nitrogens with zero attached hydrogens (tertiary/aromatic N) is 1. The summed E-state index contributed by atoms with van der Waals surface area (Å²) in [5.74, 6) is -0.891. The molecule has 0 saturated carbocycles. The molecule has 1 atom stereocenters. The van der Waals surface area contributed by atoms with Crippen molar-refractivity contribution < 1.29 is 13.9 Å². The van der Waals surface area contributed by atoms with E-state index in [1.54, 1.807) is 6.92 Å². The quantitative estimate of drug-likeness (QED) is 0.442. The van der Waals surface area contributed by atoms with Gasteiger partial charge in [-0.2, -0.15) is 0 Å². The molecule has 3 aromatic rings. The lowest BCUT2D eigenvalue weighted by Crippen LogP contribution is -2.17. The standard InChI is InChI=1S/C25H22FNO2/c1-2-29-25(28)20-13-19-14-21(16-23(26)22(19)15-20)27-24(17-9-5-3-6-10-17)18-11-7-4-8-12-18/h3-12,14,16,20H,2,13,15H2,1H3. The molecule has 4 heteroatoms. The minimum Gasteiger partial charge on any atom is -0.466 e. The third-order valence-electron chi connectivity index (χ3n) is 5.14. The Morgan fingerprint density at radius 2 is 1.62 bits per heavy atom. The number of carbonyl (C=O) groups excluding carboxylic acids is 1. The normalized spacial score (nSPS) is 14.9. The average molecular weight is 387 g/mol. The number of rotatable bonds is 5. The van der Waals surface area contributed by atoms with Crippen molar-refractivity contribution in [2.24, 2.45) is 10.9 Å². The summed E-state index contributed by atoms with van der Waals surface area (Å²) < 4.78 is 19.9. The Morgan fingerprint density at radius 1 is 1.00 bits per heavy atom. The minimum absolute atomic E-state index is 0.262. The molecule has 1 aliphatic carbocycles. The molecule has 29 heavy (non-hydrogen) atoms. The molecular formula is C25H22FNO2. The number of hydrogen-bond acceptors (Lipinski definition) is 3. The minimum atomic E-state index is -0.318. The average Bonchev–Trinajstić information content (AvgIpc) is 3.18. The van der Waals surface area contributed by atoms with Crippen molar-refractivity contribution in [3.8, 4) is 0 Å². The predicted molar refractivity (Wildman–Crippen MR) is 112 cm³/mol. The van der Waals surface area contributed by atoms with Crippen LogP contribution in [0.4, 0.5) is 10.1 Å². The Kier molecular flexibility index (Phi) is 5.52. The number of aliphatic imine (C=N–C) groups is 1. The number of halogens is 1. The van der Waals surface area contributed by atoms with Gasteiger partial charge in [-0.25, -0.2) is 9.38 Å². The summed E-state index contributed by atoms with van der Waals surface area (Å²) in [6, 6.07) is 23.1. The van der Waals surface area contributed by atoms with E-state index >= 15 is 0 Å². The molecule has 0 fully saturated rings. The predicted octanol–water partition coefficient (Wildman–Crippen LogP) is 5.27. The maximum atomic E-state index is 14.8. The Bertz CT molecular complexity index is 1000. The van der Waals surface area contributed by atoms with Gasteiger partial charge in [-0.1, -0.05) is 60.7 Å². The van der Waals surface area contributed by atoms with Gasteiger partial charge in [0.25, 0.3) is 0 Å². The van der Waals surface area contributed by atoms with Gasteiger partial charge in [-0.15, -0.1) is 0 Å². The van der Waals surface area contributed by atoms with Gasteiger partial charge >= 0.3 is 5.97 Å². The van der Waals surface area contributed by atoms with Crippen LogP contribution in [-0.4, -0.2) is 18.3 Å². The lowest BCUT2D eigenvalue weighted by atomic mass is 10.0. The number of benzene rings is 3. The molecule has 146 valence electrons. The molecule has 0 amide bonds. The topological polar surface area (TPSA) is 38.7 Å². The van der Waals surface area contributed by atoms with E-state index in [9.17, 15) is 9.18 Å². The van der Waals surface area contributed by atoms with Crippen molar-refractivity contribution in [1.29, 1.82) is 0 Å². The zero-order chi connectivity index (χ0) is 20.2. The fourth-order valence-electron chi connectivity index (χ4n) is 3.78. The van der Waals surface area contributed by atoms with Crippen LogP contribution in [0.2, 0.25) is 0 Å². The fraction of sp³-hybridized carbons (Fsp3) is 0.200. The van der Waals surface area contributed by atoms with E-state index in [0.717, 1.165) is 22.4 Å². The SMILES string of the molecule is CCOC(=O)C1Cc2cc(N=C(c3ccccc3)c3ccccc3)cc(F)c2C1. The van der Waals surface area contributed by atoms with E-state index in [-0.39, 0.29) is 17.7 Å². The van der Waals surface area contributed by atoms with E-state index in [2.05, 4.69) is 0 Å². The number of fused-ring (bicyclic) bond motifs is 1. The summed E-state index contributed by atoms with van der Waals surface area (Å²) >= 11 is 0. The van der Waals surface area contributed by atoms with Gasteiger partial charge in [0.15, 0.2) is 0 Å². The van der Waals surface area contributed by atoms with Gasteiger partial charge in [-0.3, -0.25) is 4.79 Å². The van der Waals surface area contributed by atoms with Crippen molar-refractivity contribution in [2.45, 2.75) is 19.8 Å². The lowest BCUT2D eigenvalue weighted by molar-refractivity contribution is -0.147. The molecular weight excluding hydrogens is 365 g/mol. The first-order valence-corrected chi connectivity index (χ1v) is 9.83. The van der Waals surface area contributed by atoms with Crippen LogP contribution in [0.5, 0.6) is 0 Å². The summed E-state index contributed by atoms with van der Waals surface area (Å²) in [4.78, 5) is 16.9. The maximum Gasteiger partial charge on any atom is 0.309 e. The van der Waals surface area contributed by atoms with Crippen LogP contribution in [0.3, 0.4) is 0 Å². The van der Waals surface area contributed by atoms with Crippen LogP contribution in [0, 0.1) is 11.7 Å². The molecule has 0 N–H and O–H groups in total. The summed E-state index contributed by atoms with van der Waals surface area (Å²) in [5, 5.41) is 0. The Balaban J connectivity index is 1.73. The van der Waals surface area contributed by atoms with Gasteiger partial charge in [-0.05, 0) is 43.0 Å². The molecule has 1 aliphatic rings. The van der Waals surface area contributed by atoms with Crippen molar-refractivity contribution in [3.63, 3.8) is 0 Å². The summed E-state index contributed by atoms with van der Waals surface area (Å²) in [5.41, 5.74) is 4.69. The van der Waals surface area contributed by atoms with Crippen LogP contribution >= 0.6 is 0 Å². The van der Waals surface area contributed by atoms with Crippen molar-refractivity contribution >= 4 is 17.4 Å². The van der Waals surface area contributed by atoms with Crippen molar-refractivity contribution in [2.75, 3.05) is 6.61 Å². The highest BCUT2D eigenvalue weighted by Crippen LogP contribution is 2.33. The molecule has 0 heterocycles. The van der Waals surface area contributed by atoms with Crippen LogP contribution < -0.4 is 0 Å². The smallest absolute Gasteiger partial charge is 0.309 e. The largest absolute Gasteiger partial charge is 0.466 e. The van der Waals surface area contributed by atoms with E-state index in [1.807, 2.05) is 66.7 Å². The van der Waals surface area contributed by atoms with Crippen molar-refractivity contribution in [3.05, 3.63) is 101 Å². The van der Waals surface area contributed by atoms with E-state index < -0.39 is 0 Å². The van der Waals surface area contributed by atoms with Crippen LogP contribution in [0.15, 0.2) is 77.8 Å². The second-order valence-corrected chi connectivity index (χ2v) is 7.11. The maximum absolute atomic E-state index is 14.8. The summed E-state index contributed by atoms with van der Waals surface area (Å²) in [6.45, 7) is 2.11. The number of ether oxygens (including phenoxy) is 1. The molecule has 0 bridgehead atoms. The van der Waals surface area contributed by atoms with Gasteiger partial charge in [0.1, 0.15) is 5.82 Å². The summed E-state index contributed by atoms with van der Waals surface area (Å²) in [7, 11) is 0. The van der Waals surface area contributed by atoms with Gasteiger partial charge < -0.3 is 4.74 Å². The highest BCUT2D eigenvalue weighted by molar-refractivity contribution is 6.13. The lowest BCUT2D eigenvalue weighted by Gasteiger charge is -2.09. The number of hydrogen-bond donors (Lipinski definition) is 0. The Hall–Kier alpha value is -3.27. The zero-order valence-electron chi connectivity index (χ0n) is 16.3. The van der Waals surface area contributed by atoms with E-state index in [4.69, 9.17) is 9.73 Å². The first-order valence-electron chi connectivity index (χ1n) is 9.83. The molecule has 0 aromatic heterocycles. The monoisotopic (exact) mass is 387 g/mol. The molecule has 4 rings (SSSR count). The number of esters is 1. The molecule has 0 spiro atoms. The van der Waals surface area contributed by atoms with Gasteiger partial charge in [0.05, 0.1) is 23.9 Å². The summed E-state index contributed by atoms with van der Waals surface area (Å²) in [6.07, 6.45) is 0.870. The van der Waals surface area contributed by atoms with Crippen LogP contribution in [-0.2, 0) is 22.4 Å². The van der Waals surface area contributed by atoms with E-state index in [0.29, 0.717) is 30.7 Å². The van der Waals surface area contributed by atoms with Gasteiger partial charge in [0.2, 0.25) is 0 Å². The second kappa shape index (κ2) is 8.39. The molecule has 3 aromatic carbocycles. The Morgan fingerprint density at radius 3 is 2.21 bits per heavy atom. The first-order chi connectivity index (χ1) is 14.2. The molecule has 3 nitrogen and oxygen atoms in total. The second-order valence-electron chi connectivity index (χ2n) is 7.11. The highest BCUT2D eigenvalue weighted by atomic mass is 19.1. The third kappa shape index (κ3) is 4.11. The highest BCUT2D eigenvalue weighted by Gasteiger charge is 2.31. The fourth-order valence-corrected chi connectivity index (χ4v) is 3.78. The third-order valence-corrected chi connectivity index (χ3v) is 5.14. The van der Waals surface area contributed by atoms with E-state index in [1.165, 1.54) is 6.07 Å². The zero-order valence-corrected chi connectivity index (χ0v) is 16.3. The molecule has 1 unspecified atom stereocenters. The van der Waals surface area contributed by atoms with Gasteiger partial charge in [0, 0.05) is 11.1 Å². The Labute approximate surface area is 169 Å². The van der Waals surface area contributed by atoms with Crippen LogP contribution in [0.1, 0.15) is 29.2 Å². The molecule has 0 saturated heterocycles. The van der Waals surface area contributed by atoms with Crippen molar-refractivity contribution in [1.82, 2.24) is 0 Å². The molecule has 0 aliphatic heterocycles. The number of carbonyl (C=O) groups is 1. The first kappa shape index (κ1) is 19.1. The molecule has 0 radical (unpaired) electrons.